The molecule has 4 bridgehead atoms. The maximum atomic E-state index is 12.3. The summed E-state index contributed by atoms with van der Waals surface area (Å²) in [5, 5.41) is 2.95. The van der Waals surface area contributed by atoms with Crippen molar-refractivity contribution in [2.24, 2.45) is 0 Å². The molecule has 33 heavy (non-hydrogen) atoms. The molecule has 0 radical (unpaired) electrons. The third-order valence-corrected chi connectivity index (χ3v) is 6.18. The smallest absolute Gasteiger partial charge is 0.257 e. The minimum atomic E-state index is -0.0886. The summed E-state index contributed by atoms with van der Waals surface area (Å²) in [5.41, 5.74) is 7.00. The maximum absolute atomic E-state index is 12.3. The molecule has 0 saturated carbocycles. The second-order valence-corrected chi connectivity index (χ2v) is 8.61. The van der Waals surface area contributed by atoms with Gasteiger partial charge in [0.25, 0.3) is 5.91 Å². The molecule has 1 saturated heterocycles. The number of aryl methyl sites for hydroxylation is 1. The highest BCUT2D eigenvalue weighted by Crippen LogP contribution is 2.35. The van der Waals surface area contributed by atoms with Gasteiger partial charge in [0, 0.05) is 14.6 Å². The van der Waals surface area contributed by atoms with Crippen LogP contribution in [0.1, 0.15) is 81.8 Å². The van der Waals surface area contributed by atoms with Gasteiger partial charge in [-0.3, -0.25) is 4.79 Å². The predicted octanol–water partition coefficient (Wildman–Crippen LogP) is 6.87. The van der Waals surface area contributed by atoms with E-state index in [9.17, 15) is 4.79 Å². The van der Waals surface area contributed by atoms with Gasteiger partial charge in [-0.2, -0.15) is 0 Å². The Hall–Kier alpha value is -2.85. The summed E-state index contributed by atoms with van der Waals surface area (Å²) in [7, 11) is 0. The SMILES string of the molecule is C.C/C=C1\c2cc(cc(C3CCCCO3)c2)OCC(=O)NCCC/C=C\c2ccc(C)c1c2.[HH]. The van der Waals surface area contributed by atoms with Crippen molar-refractivity contribution in [1.29, 1.82) is 0 Å². The quantitative estimate of drug-likeness (QED) is 0.517. The Morgan fingerprint density at radius 1 is 1.12 bits per heavy atom. The lowest BCUT2D eigenvalue weighted by atomic mass is 9.90. The zero-order valence-corrected chi connectivity index (χ0v) is 19.2. The number of nitrogens with one attached hydrogen (secondary N) is 1. The molecular formula is C29H39NO3. The highest BCUT2D eigenvalue weighted by atomic mass is 16.5. The summed E-state index contributed by atoms with van der Waals surface area (Å²) in [6, 6.07) is 12.9. The average Bonchev–Trinajstić information content (AvgIpc) is 2.82. The first-order valence-electron chi connectivity index (χ1n) is 11.7. The number of rotatable bonds is 1. The van der Waals surface area contributed by atoms with Crippen LogP contribution in [0.2, 0.25) is 0 Å². The Labute approximate surface area is 200 Å². The summed E-state index contributed by atoms with van der Waals surface area (Å²) in [5.74, 6) is 0.622. The van der Waals surface area contributed by atoms with Crippen molar-refractivity contribution in [3.63, 3.8) is 0 Å². The molecule has 2 aromatic rings. The fourth-order valence-corrected chi connectivity index (χ4v) is 4.43. The number of carbonyl (C=O) groups is 1. The van der Waals surface area contributed by atoms with Crippen molar-refractivity contribution >= 4 is 17.6 Å². The molecule has 0 spiro atoms. The largest absolute Gasteiger partial charge is 0.484 e. The van der Waals surface area contributed by atoms with Crippen LogP contribution < -0.4 is 10.1 Å². The summed E-state index contributed by atoms with van der Waals surface area (Å²) < 4.78 is 12.0. The molecule has 1 atom stereocenters. The fourth-order valence-electron chi connectivity index (χ4n) is 4.43. The molecule has 4 nitrogen and oxygen atoms in total. The molecule has 2 aromatic carbocycles. The van der Waals surface area contributed by atoms with Gasteiger partial charge in [0.15, 0.2) is 6.61 Å². The number of amides is 1. The zero-order valence-electron chi connectivity index (χ0n) is 19.2. The van der Waals surface area contributed by atoms with Crippen LogP contribution in [-0.4, -0.2) is 25.7 Å². The lowest BCUT2D eigenvalue weighted by molar-refractivity contribution is -0.123. The molecule has 2 aliphatic rings. The van der Waals surface area contributed by atoms with Gasteiger partial charge in [-0.05, 0) is 104 Å². The first-order valence-corrected chi connectivity index (χ1v) is 11.7. The molecule has 2 aliphatic heterocycles. The first kappa shape index (κ1) is 24.8. The Balaban J connectivity index is 0.00000204. The highest BCUT2D eigenvalue weighted by Gasteiger charge is 2.19. The van der Waals surface area contributed by atoms with Crippen molar-refractivity contribution in [3.05, 3.63) is 76.4 Å². The third-order valence-electron chi connectivity index (χ3n) is 6.18. The molecule has 4 heteroatoms. The van der Waals surface area contributed by atoms with Gasteiger partial charge in [0.2, 0.25) is 0 Å². The molecule has 1 unspecified atom stereocenters. The molecule has 178 valence electrons. The number of allylic oxidation sites excluding steroid dienone is 2. The van der Waals surface area contributed by atoms with Crippen LogP contribution in [-0.2, 0) is 9.53 Å². The van der Waals surface area contributed by atoms with Crippen molar-refractivity contribution in [3.8, 4) is 5.75 Å². The average molecular weight is 450 g/mol. The second-order valence-electron chi connectivity index (χ2n) is 8.61. The van der Waals surface area contributed by atoms with E-state index in [4.69, 9.17) is 9.47 Å². The summed E-state index contributed by atoms with van der Waals surface area (Å²) in [4.78, 5) is 12.3. The van der Waals surface area contributed by atoms with E-state index in [1.165, 1.54) is 16.7 Å². The van der Waals surface area contributed by atoms with Gasteiger partial charge in [-0.15, -0.1) is 0 Å². The Morgan fingerprint density at radius 2 is 2.00 bits per heavy atom. The predicted molar refractivity (Wildman–Crippen MR) is 139 cm³/mol. The van der Waals surface area contributed by atoms with Gasteiger partial charge in [-0.1, -0.05) is 37.8 Å². The number of hydrogen-bond acceptors (Lipinski definition) is 3. The van der Waals surface area contributed by atoms with Crippen molar-refractivity contribution < 1.29 is 15.7 Å². The molecule has 4 rings (SSSR count). The topological polar surface area (TPSA) is 47.6 Å². The third kappa shape index (κ3) is 6.35. The standard InChI is InChI=1S/C28H33NO3.CH4.H2/c1-3-25-22-16-23(27-10-6-8-14-31-27)18-24(17-22)32-19-28(30)29-13-7-4-5-9-21-12-11-20(2)26(25)15-21;;/h3,5,9,11-12,15-18,27H,4,6-8,10,13-14,19H2,1-2H3,(H,29,30);1H4;1H/b9-5-,25-3+;;. The lowest BCUT2D eigenvalue weighted by Crippen LogP contribution is -2.29. The Morgan fingerprint density at radius 3 is 2.79 bits per heavy atom. The monoisotopic (exact) mass is 449 g/mol. The second kappa shape index (κ2) is 11.9. The van der Waals surface area contributed by atoms with Gasteiger partial charge >= 0.3 is 0 Å². The fraction of sp³-hybridized carbons (Fsp3) is 0.414. The zero-order chi connectivity index (χ0) is 22.3. The minimum absolute atomic E-state index is 0. The van der Waals surface area contributed by atoms with Crippen LogP contribution in [0.5, 0.6) is 5.75 Å². The highest BCUT2D eigenvalue weighted by molar-refractivity contribution is 5.83. The van der Waals surface area contributed by atoms with Crippen LogP contribution in [0.4, 0.5) is 0 Å². The normalized spacial score (nSPS) is 21.5. The Bertz CT molecular complexity index is 1020. The van der Waals surface area contributed by atoms with E-state index < -0.39 is 0 Å². The molecule has 0 aliphatic carbocycles. The molecule has 1 fully saturated rings. The lowest BCUT2D eigenvalue weighted by Gasteiger charge is -2.24. The molecule has 0 aromatic heterocycles. The van der Waals surface area contributed by atoms with E-state index >= 15 is 0 Å². The van der Waals surface area contributed by atoms with Gasteiger partial charge in [-0.25, -0.2) is 0 Å². The number of benzene rings is 2. The molecule has 1 N–H and O–H groups in total. The van der Waals surface area contributed by atoms with Crippen LogP contribution in [0, 0.1) is 6.92 Å². The number of carbonyl (C=O) groups excluding carboxylic acids is 1. The van der Waals surface area contributed by atoms with Crippen molar-refractivity contribution in [2.45, 2.75) is 59.5 Å². The van der Waals surface area contributed by atoms with Crippen molar-refractivity contribution in [1.82, 2.24) is 5.32 Å². The Kier molecular flexibility index (Phi) is 8.90. The number of hydrogen-bond donors (Lipinski definition) is 1. The van der Waals surface area contributed by atoms with Crippen LogP contribution in [0.25, 0.3) is 11.6 Å². The molecular weight excluding hydrogens is 410 g/mol. The van der Waals surface area contributed by atoms with E-state index in [0.717, 1.165) is 55.4 Å². The number of ether oxygens (including phenoxy) is 2. The van der Waals surface area contributed by atoms with Crippen molar-refractivity contribution in [2.75, 3.05) is 19.8 Å². The summed E-state index contributed by atoms with van der Waals surface area (Å²) in [6.07, 6.45) is 11.7. The summed E-state index contributed by atoms with van der Waals surface area (Å²) >= 11 is 0. The minimum Gasteiger partial charge on any atom is -0.484 e. The van der Waals surface area contributed by atoms with Gasteiger partial charge in [0.05, 0.1) is 6.10 Å². The maximum Gasteiger partial charge on any atom is 0.257 e. The van der Waals surface area contributed by atoms with E-state index in [1.54, 1.807) is 0 Å². The first-order chi connectivity index (χ1) is 15.6. The molecule has 1 amide bonds. The summed E-state index contributed by atoms with van der Waals surface area (Å²) in [6.45, 7) is 5.69. The molecule has 2 heterocycles. The van der Waals surface area contributed by atoms with E-state index in [1.807, 2.05) is 12.1 Å². The van der Waals surface area contributed by atoms with E-state index in [0.29, 0.717) is 12.3 Å². The van der Waals surface area contributed by atoms with Gasteiger partial charge in [0.1, 0.15) is 5.75 Å². The van der Waals surface area contributed by atoms with Gasteiger partial charge < -0.3 is 14.8 Å². The van der Waals surface area contributed by atoms with E-state index in [-0.39, 0.29) is 27.5 Å². The van der Waals surface area contributed by atoms with Crippen LogP contribution in [0.3, 0.4) is 0 Å². The van der Waals surface area contributed by atoms with Crippen LogP contribution >= 0.6 is 0 Å². The van der Waals surface area contributed by atoms with Crippen LogP contribution in [0.15, 0.2) is 48.6 Å². The van der Waals surface area contributed by atoms with E-state index in [2.05, 4.69) is 61.7 Å². The number of fused-ring (bicyclic) bond motifs is 4.